The molecule has 0 bridgehead atoms. The largest absolute Gasteiger partial charge is 0.368 e. The average Bonchev–Trinajstić information content (AvgIpc) is 2.75. The zero-order valence-electron chi connectivity index (χ0n) is 16.2. The van der Waals surface area contributed by atoms with Crippen LogP contribution in [0.15, 0.2) is 54.9 Å². The molecule has 1 aliphatic heterocycles. The molecule has 1 fully saturated rings. The van der Waals surface area contributed by atoms with Crippen molar-refractivity contribution >= 4 is 17.3 Å². The Labute approximate surface area is 172 Å². The van der Waals surface area contributed by atoms with Crippen molar-refractivity contribution in [2.45, 2.75) is 18.9 Å². The van der Waals surface area contributed by atoms with Gasteiger partial charge in [0.15, 0.2) is 0 Å². The molecule has 0 radical (unpaired) electrons. The highest BCUT2D eigenvalue weighted by Crippen LogP contribution is 2.28. The zero-order valence-corrected chi connectivity index (χ0v) is 16.2. The molecule has 30 heavy (non-hydrogen) atoms. The second-order valence-corrected chi connectivity index (χ2v) is 7.20. The molecule has 8 heteroatoms. The molecule has 3 aromatic rings. The number of rotatable bonds is 4. The summed E-state index contributed by atoms with van der Waals surface area (Å²) in [5.41, 5.74) is 7.15. The van der Waals surface area contributed by atoms with Gasteiger partial charge in [-0.05, 0) is 43.2 Å². The number of carbonyl (C=O) groups excluding carboxylic acids is 1. The Bertz CT molecular complexity index is 1070. The summed E-state index contributed by atoms with van der Waals surface area (Å²) in [6.07, 6.45) is 5.12. The van der Waals surface area contributed by atoms with Gasteiger partial charge in [0.1, 0.15) is 23.0 Å². The molecular formula is C22H21F2N5O. The van der Waals surface area contributed by atoms with E-state index >= 15 is 0 Å². The van der Waals surface area contributed by atoms with Gasteiger partial charge in [0.25, 0.3) is 5.91 Å². The van der Waals surface area contributed by atoms with Crippen LogP contribution >= 0.6 is 0 Å². The Morgan fingerprint density at radius 3 is 2.77 bits per heavy atom. The quantitative estimate of drug-likeness (QED) is 0.688. The first-order valence-corrected chi connectivity index (χ1v) is 9.70. The summed E-state index contributed by atoms with van der Waals surface area (Å²) in [7, 11) is 0. The Hall–Kier alpha value is -3.39. The summed E-state index contributed by atoms with van der Waals surface area (Å²) >= 11 is 0. The van der Waals surface area contributed by atoms with Gasteiger partial charge in [-0.2, -0.15) is 0 Å². The fraction of sp³-hybridized carbons (Fsp3) is 0.227. The number of halogens is 2. The van der Waals surface area contributed by atoms with Crippen molar-refractivity contribution in [3.05, 3.63) is 72.2 Å². The number of benzene rings is 1. The molecule has 154 valence electrons. The minimum Gasteiger partial charge on any atom is -0.368 e. The molecule has 0 aliphatic carbocycles. The van der Waals surface area contributed by atoms with Crippen molar-refractivity contribution in [3.63, 3.8) is 0 Å². The monoisotopic (exact) mass is 409 g/mol. The molecule has 1 unspecified atom stereocenters. The van der Waals surface area contributed by atoms with Crippen LogP contribution in [0.2, 0.25) is 0 Å². The molecule has 6 nitrogen and oxygen atoms in total. The third kappa shape index (κ3) is 4.13. The van der Waals surface area contributed by atoms with E-state index in [1.165, 1.54) is 24.3 Å². The van der Waals surface area contributed by atoms with E-state index in [1.54, 1.807) is 18.5 Å². The second-order valence-electron chi connectivity index (χ2n) is 7.20. The van der Waals surface area contributed by atoms with E-state index in [-0.39, 0.29) is 23.0 Å². The third-order valence-electron chi connectivity index (χ3n) is 5.05. The summed E-state index contributed by atoms with van der Waals surface area (Å²) in [5, 5.41) is 2.79. The van der Waals surface area contributed by atoms with Crippen LogP contribution in [-0.4, -0.2) is 35.0 Å². The maximum absolute atomic E-state index is 14.3. The molecule has 1 atom stereocenters. The summed E-state index contributed by atoms with van der Waals surface area (Å²) in [4.78, 5) is 23.1. The lowest BCUT2D eigenvalue weighted by Crippen LogP contribution is -2.43. The fourth-order valence-corrected chi connectivity index (χ4v) is 3.59. The smallest absolute Gasteiger partial charge is 0.274 e. The van der Waals surface area contributed by atoms with Gasteiger partial charge in [-0.1, -0.05) is 12.1 Å². The molecule has 3 heterocycles. The maximum atomic E-state index is 14.3. The van der Waals surface area contributed by atoms with Gasteiger partial charge in [0.05, 0.1) is 17.6 Å². The van der Waals surface area contributed by atoms with E-state index in [0.717, 1.165) is 31.1 Å². The van der Waals surface area contributed by atoms with E-state index in [1.807, 2.05) is 6.07 Å². The van der Waals surface area contributed by atoms with Crippen molar-refractivity contribution in [2.75, 3.05) is 23.3 Å². The topological polar surface area (TPSA) is 84.1 Å². The number of nitrogens with one attached hydrogen (secondary N) is 1. The third-order valence-corrected chi connectivity index (χ3v) is 5.05. The standard InChI is InChI=1S/C22H21F2N5O/c23-16-6-2-1-5-15(16)21-17(24)7-8-18(27-21)22(30)28-19-12-26-10-9-20(19)29-11-3-4-14(25)13-29/h1-2,5-10,12,14H,3-4,11,13,25H2,(H,28,30). The Morgan fingerprint density at radius 1 is 1.13 bits per heavy atom. The van der Waals surface area contributed by atoms with Crippen molar-refractivity contribution in [2.24, 2.45) is 5.73 Å². The van der Waals surface area contributed by atoms with Crippen molar-refractivity contribution in [1.82, 2.24) is 9.97 Å². The van der Waals surface area contributed by atoms with Crippen LogP contribution in [0.25, 0.3) is 11.3 Å². The van der Waals surface area contributed by atoms with Crippen LogP contribution in [0.1, 0.15) is 23.3 Å². The minimum atomic E-state index is -0.707. The molecule has 1 aromatic carbocycles. The van der Waals surface area contributed by atoms with Crippen molar-refractivity contribution < 1.29 is 13.6 Å². The average molecular weight is 409 g/mol. The molecule has 0 saturated carbocycles. The van der Waals surface area contributed by atoms with E-state index in [2.05, 4.69) is 20.2 Å². The number of amides is 1. The molecular weight excluding hydrogens is 388 g/mol. The molecule has 4 rings (SSSR count). The number of carbonyl (C=O) groups is 1. The lowest BCUT2D eigenvalue weighted by molar-refractivity contribution is 0.102. The molecule has 2 aromatic heterocycles. The van der Waals surface area contributed by atoms with Crippen LogP contribution in [0.5, 0.6) is 0 Å². The van der Waals surface area contributed by atoms with Gasteiger partial charge < -0.3 is 16.0 Å². The van der Waals surface area contributed by atoms with Crippen molar-refractivity contribution in [1.29, 1.82) is 0 Å². The van der Waals surface area contributed by atoms with E-state index in [0.29, 0.717) is 12.2 Å². The van der Waals surface area contributed by atoms with E-state index in [4.69, 9.17) is 5.73 Å². The van der Waals surface area contributed by atoms with E-state index < -0.39 is 17.5 Å². The number of piperidine rings is 1. The first kappa shape index (κ1) is 19.9. The summed E-state index contributed by atoms with van der Waals surface area (Å²) in [6, 6.07) is 9.98. The Morgan fingerprint density at radius 2 is 1.97 bits per heavy atom. The number of hydrogen-bond donors (Lipinski definition) is 2. The highest BCUT2D eigenvalue weighted by atomic mass is 19.1. The predicted molar refractivity (Wildman–Crippen MR) is 111 cm³/mol. The number of hydrogen-bond acceptors (Lipinski definition) is 5. The predicted octanol–water partition coefficient (Wildman–Crippen LogP) is 3.60. The van der Waals surface area contributed by atoms with Crippen molar-refractivity contribution in [3.8, 4) is 11.3 Å². The zero-order chi connectivity index (χ0) is 21.1. The van der Waals surface area contributed by atoms with Crippen LogP contribution in [-0.2, 0) is 0 Å². The van der Waals surface area contributed by atoms with Gasteiger partial charge in [0, 0.05) is 30.9 Å². The molecule has 0 spiro atoms. The van der Waals surface area contributed by atoms with Gasteiger partial charge >= 0.3 is 0 Å². The second kappa shape index (κ2) is 8.54. The van der Waals surface area contributed by atoms with Crippen LogP contribution in [0.3, 0.4) is 0 Å². The lowest BCUT2D eigenvalue weighted by Gasteiger charge is -2.33. The number of pyridine rings is 2. The highest BCUT2D eigenvalue weighted by Gasteiger charge is 2.21. The molecule has 1 saturated heterocycles. The lowest BCUT2D eigenvalue weighted by atomic mass is 10.1. The Kier molecular flexibility index (Phi) is 5.67. The Balaban J connectivity index is 1.61. The molecule has 1 aliphatic rings. The van der Waals surface area contributed by atoms with Crippen LogP contribution < -0.4 is 16.0 Å². The first-order chi connectivity index (χ1) is 14.5. The molecule has 3 N–H and O–H groups in total. The summed E-state index contributed by atoms with van der Waals surface area (Å²) in [5.74, 6) is -1.86. The van der Waals surface area contributed by atoms with Gasteiger partial charge in [0.2, 0.25) is 0 Å². The number of aromatic nitrogens is 2. The number of anilines is 2. The maximum Gasteiger partial charge on any atom is 0.274 e. The number of nitrogens with two attached hydrogens (primary N) is 1. The van der Waals surface area contributed by atoms with Gasteiger partial charge in [-0.3, -0.25) is 9.78 Å². The fourth-order valence-electron chi connectivity index (χ4n) is 3.59. The molecule has 1 amide bonds. The normalized spacial score (nSPS) is 16.4. The van der Waals surface area contributed by atoms with Gasteiger partial charge in [-0.25, -0.2) is 13.8 Å². The SMILES string of the molecule is NC1CCCN(c2ccncc2NC(=O)c2ccc(F)c(-c3ccccc3F)n2)C1. The minimum absolute atomic E-state index is 0.00554. The number of nitrogens with zero attached hydrogens (tertiary/aromatic N) is 3. The summed E-state index contributed by atoms with van der Waals surface area (Å²) in [6.45, 7) is 1.51. The van der Waals surface area contributed by atoms with Crippen LogP contribution in [0.4, 0.5) is 20.2 Å². The van der Waals surface area contributed by atoms with Crippen LogP contribution in [0, 0.1) is 11.6 Å². The first-order valence-electron chi connectivity index (χ1n) is 9.70. The highest BCUT2D eigenvalue weighted by molar-refractivity contribution is 6.04. The van der Waals surface area contributed by atoms with E-state index in [9.17, 15) is 13.6 Å². The van der Waals surface area contributed by atoms with Gasteiger partial charge in [-0.15, -0.1) is 0 Å². The summed E-state index contributed by atoms with van der Waals surface area (Å²) < 4.78 is 28.4.